The Bertz CT molecular complexity index is 1260. The van der Waals surface area contributed by atoms with E-state index in [1.54, 1.807) is 61.4 Å². The van der Waals surface area contributed by atoms with Gasteiger partial charge in [0.2, 0.25) is 17.7 Å². The number of carbonyl (C=O) groups is 3. The van der Waals surface area contributed by atoms with Gasteiger partial charge in [0.15, 0.2) is 5.76 Å². The summed E-state index contributed by atoms with van der Waals surface area (Å²) in [5.74, 6) is 0.749. The number of amides is 3. The van der Waals surface area contributed by atoms with Gasteiger partial charge < -0.3 is 29.1 Å². The van der Waals surface area contributed by atoms with Crippen LogP contribution < -0.4 is 10.6 Å². The first-order chi connectivity index (χ1) is 17.4. The quantitative estimate of drug-likeness (QED) is 0.416. The molecule has 1 aromatic carbocycles. The molecule has 2 N–H and O–H groups in total. The van der Waals surface area contributed by atoms with Crippen molar-refractivity contribution in [2.45, 2.75) is 26.5 Å². The minimum Gasteiger partial charge on any atom is -0.453 e. The van der Waals surface area contributed by atoms with E-state index in [2.05, 4.69) is 22.2 Å². The number of methoxy groups -OCH3 is 1. The topological polar surface area (TPSA) is 127 Å². The normalized spacial score (nSPS) is 15.2. The van der Waals surface area contributed by atoms with Gasteiger partial charge in [0.25, 0.3) is 5.91 Å². The highest BCUT2D eigenvalue weighted by Gasteiger charge is 2.33. The van der Waals surface area contributed by atoms with Crippen molar-refractivity contribution in [1.82, 2.24) is 15.2 Å². The molecule has 188 valence electrons. The van der Waals surface area contributed by atoms with Crippen LogP contribution in [-0.4, -0.2) is 47.8 Å². The Morgan fingerprint density at radius 3 is 2.72 bits per heavy atom. The summed E-state index contributed by atoms with van der Waals surface area (Å²) in [6, 6.07) is 10.3. The lowest BCUT2D eigenvalue weighted by Gasteiger charge is -2.13. The van der Waals surface area contributed by atoms with Gasteiger partial charge in [-0.15, -0.1) is 6.58 Å². The minimum atomic E-state index is -0.389. The maximum atomic E-state index is 12.5. The number of anilines is 1. The molecule has 1 fully saturated rings. The van der Waals surface area contributed by atoms with Crippen molar-refractivity contribution in [3.8, 4) is 11.5 Å². The van der Waals surface area contributed by atoms with E-state index >= 15 is 0 Å². The van der Waals surface area contributed by atoms with E-state index in [-0.39, 0.29) is 49.0 Å². The van der Waals surface area contributed by atoms with Crippen LogP contribution in [0, 0.1) is 12.8 Å². The number of oxazole rings is 1. The molecular weight excluding hydrogens is 464 g/mol. The molecule has 1 saturated heterocycles. The molecule has 1 aliphatic rings. The summed E-state index contributed by atoms with van der Waals surface area (Å²) >= 11 is 0. The number of carbonyl (C=O) groups excluding carboxylic acids is 3. The Kier molecular flexibility index (Phi) is 7.65. The first-order valence-electron chi connectivity index (χ1n) is 11.5. The van der Waals surface area contributed by atoms with Crippen LogP contribution in [0.4, 0.5) is 5.69 Å². The summed E-state index contributed by atoms with van der Waals surface area (Å²) in [4.78, 5) is 43.0. The third kappa shape index (κ3) is 5.72. The molecule has 0 bridgehead atoms. The Labute approximate surface area is 208 Å². The molecule has 3 heterocycles. The zero-order valence-electron chi connectivity index (χ0n) is 20.2. The van der Waals surface area contributed by atoms with E-state index in [9.17, 15) is 14.4 Å². The van der Waals surface area contributed by atoms with E-state index in [0.29, 0.717) is 41.9 Å². The molecule has 1 aliphatic heterocycles. The van der Waals surface area contributed by atoms with E-state index in [1.165, 1.54) is 0 Å². The van der Waals surface area contributed by atoms with E-state index in [1.807, 2.05) is 0 Å². The molecule has 3 aromatic rings. The van der Waals surface area contributed by atoms with Crippen LogP contribution >= 0.6 is 0 Å². The zero-order chi connectivity index (χ0) is 25.7. The zero-order valence-corrected chi connectivity index (χ0v) is 20.2. The number of hydrogen-bond acceptors (Lipinski definition) is 7. The molecule has 10 heteroatoms. The number of ether oxygens (including phenoxy) is 1. The molecule has 2 aromatic heterocycles. The van der Waals surface area contributed by atoms with Crippen molar-refractivity contribution in [3.05, 3.63) is 72.0 Å². The third-order valence-electron chi connectivity index (χ3n) is 5.82. The van der Waals surface area contributed by atoms with E-state index < -0.39 is 0 Å². The number of benzene rings is 1. The van der Waals surface area contributed by atoms with Gasteiger partial charge in [-0.1, -0.05) is 6.08 Å². The van der Waals surface area contributed by atoms with Gasteiger partial charge in [-0.05, 0) is 43.3 Å². The lowest BCUT2D eigenvalue weighted by Crippen LogP contribution is -2.32. The molecule has 0 spiro atoms. The standard InChI is InChI=1S/C26H28N4O6/c1-4-11-30-14-18(12-23(30)31)24(32)27-13-21-16(2)35-26(29-21)17-5-7-19(8-6-17)28-25(33)22-10-9-20(36-22)15-34-3/h4-10,18H,1,11-15H2,2-3H3,(H,27,32)(H,28,33). The maximum Gasteiger partial charge on any atom is 0.291 e. The van der Waals surface area contributed by atoms with Gasteiger partial charge >= 0.3 is 0 Å². The second kappa shape index (κ2) is 11.0. The number of aromatic nitrogens is 1. The van der Waals surface area contributed by atoms with Crippen LogP contribution in [0.5, 0.6) is 0 Å². The maximum absolute atomic E-state index is 12.5. The van der Waals surface area contributed by atoms with Gasteiger partial charge in [0.05, 0.1) is 12.5 Å². The molecule has 0 saturated carbocycles. The summed E-state index contributed by atoms with van der Waals surface area (Å²) in [5, 5.41) is 5.63. The number of likely N-dealkylation sites (tertiary alicyclic amines) is 1. The predicted molar refractivity (Wildman–Crippen MR) is 131 cm³/mol. The lowest BCUT2D eigenvalue weighted by molar-refractivity contribution is -0.128. The van der Waals surface area contributed by atoms with Gasteiger partial charge in [0.1, 0.15) is 23.8 Å². The van der Waals surface area contributed by atoms with Gasteiger partial charge in [-0.25, -0.2) is 4.98 Å². The molecule has 0 radical (unpaired) electrons. The third-order valence-corrected chi connectivity index (χ3v) is 5.82. The van der Waals surface area contributed by atoms with Gasteiger partial charge in [-0.2, -0.15) is 0 Å². The highest BCUT2D eigenvalue weighted by atomic mass is 16.5. The van der Waals surface area contributed by atoms with Crippen LogP contribution in [0.25, 0.3) is 11.5 Å². The number of nitrogens with one attached hydrogen (secondary N) is 2. The molecule has 36 heavy (non-hydrogen) atoms. The highest BCUT2D eigenvalue weighted by Crippen LogP contribution is 2.24. The molecule has 0 aliphatic carbocycles. The molecule has 10 nitrogen and oxygen atoms in total. The fraction of sp³-hybridized carbons (Fsp3) is 0.308. The predicted octanol–water partition coefficient (Wildman–Crippen LogP) is 3.29. The highest BCUT2D eigenvalue weighted by molar-refractivity contribution is 6.02. The summed E-state index contributed by atoms with van der Waals surface area (Å²) in [5.41, 5.74) is 1.91. The van der Waals surface area contributed by atoms with Crippen molar-refractivity contribution in [2.24, 2.45) is 5.92 Å². The molecule has 1 unspecified atom stereocenters. The fourth-order valence-electron chi connectivity index (χ4n) is 3.92. The monoisotopic (exact) mass is 492 g/mol. The van der Waals surface area contributed by atoms with E-state index in [4.69, 9.17) is 13.6 Å². The summed E-state index contributed by atoms with van der Waals surface area (Å²) < 4.78 is 16.2. The molecule has 4 rings (SSSR count). The Balaban J connectivity index is 1.34. The van der Waals surface area contributed by atoms with Crippen molar-refractivity contribution < 1.29 is 28.0 Å². The van der Waals surface area contributed by atoms with Crippen LogP contribution in [-0.2, 0) is 27.5 Å². The summed E-state index contributed by atoms with van der Waals surface area (Å²) in [7, 11) is 1.55. The largest absolute Gasteiger partial charge is 0.453 e. The Morgan fingerprint density at radius 1 is 1.22 bits per heavy atom. The first kappa shape index (κ1) is 24.9. The summed E-state index contributed by atoms with van der Waals surface area (Å²) in [6.45, 7) is 6.73. The number of nitrogens with zero attached hydrogens (tertiary/aromatic N) is 2. The van der Waals surface area contributed by atoms with Crippen molar-refractivity contribution in [3.63, 3.8) is 0 Å². The van der Waals surface area contributed by atoms with Crippen LogP contribution in [0.15, 0.2) is 57.9 Å². The minimum absolute atomic E-state index is 0.0467. The second-order valence-electron chi connectivity index (χ2n) is 8.46. The Morgan fingerprint density at radius 2 is 2.00 bits per heavy atom. The SMILES string of the molecule is C=CCN1CC(C(=O)NCc2nc(-c3ccc(NC(=O)c4ccc(COC)o4)cc3)oc2C)CC1=O. The van der Waals surface area contributed by atoms with Crippen LogP contribution in [0.3, 0.4) is 0 Å². The smallest absolute Gasteiger partial charge is 0.291 e. The molecular formula is C26H28N4O6. The van der Waals surface area contributed by atoms with Crippen molar-refractivity contribution in [1.29, 1.82) is 0 Å². The number of hydrogen-bond donors (Lipinski definition) is 2. The number of aryl methyl sites for hydroxylation is 1. The second-order valence-corrected chi connectivity index (χ2v) is 8.46. The average Bonchev–Trinajstić information content (AvgIpc) is 3.58. The van der Waals surface area contributed by atoms with Gasteiger partial charge in [0, 0.05) is 37.9 Å². The lowest BCUT2D eigenvalue weighted by atomic mass is 10.1. The van der Waals surface area contributed by atoms with Crippen molar-refractivity contribution in [2.75, 3.05) is 25.5 Å². The Hall–Kier alpha value is -4.18. The number of rotatable bonds is 10. The average molecular weight is 493 g/mol. The van der Waals surface area contributed by atoms with Crippen molar-refractivity contribution >= 4 is 23.4 Å². The van der Waals surface area contributed by atoms with E-state index in [0.717, 1.165) is 5.56 Å². The first-order valence-corrected chi connectivity index (χ1v) is 11.5. The number of furan rings is 1. The van der Waals surface area contributed by atoms with Crippen LogP contribution in [0.2, 0.25) is 0 Å². The van der Waals surface area contributed by atoms with Gasteiger partial charge in [-0.3, -0.25) is 14.4 Å². The summed E-state index contributed by atoms with van der Waals surface area (Å²) in [6.07, 6.45) is 1.84. The molecule has 3 amide bonds. The van der Waals surface area contributed by atoms with Crippen LogP contribution in [0.1, 0.15) is 34.2 Å². The molecule has 1 atom stereocenters. The fourth-order valence-corrected chi connectivity index (χ4v) is 3.92.